The Bertz CT molecular complexity index is 314. The van der Waals surface area contributed by atoms with E-state index in [0.29, 0.717) is 0 Å². The van der Waals surface area contributed by atoms with Gasteiger partial charge in [-0.3, -0.25) is 0 Å². The molecule has 0 aromatic carbocycles. The predicted octanol–water partition coefficient (Wildman–Crippen LogP) is 4.28. The van der Waals surface area contributed by atoms with Gasteiger partial charge in [-0.15, -0.1) is 0 Å². The molecule has 108 valence electrons. The number of hydrogen-bond acceptors (Lipinski definition) is 0. The van der Waals surface area contributed by atoms with Crippen molar-refractivity contribution >= 4 is 0 Å². The fraction of sp³-hybridized carbons (Fsp3) is 0.714. The minimum Gasteiger partial charge on any atom is -0.237 e. The maximum absolute atomic E-state index is 12.4. The first-order valence-electron chi connectivity index (χ1n) is 3.90. The van der Waals surface area contributed by atoms with Gasteiger partial charge in [0.25, 0.3) is 6.43 Å². The first kappa shape index (κ1) is 17.0. The molecule has 0 heterocycles. The van der Waals surface area contributed by atoms with Crippen LogP contribution < -0.4 is 0 Å². The molecule has 0 saturated carbocycles. The molecular formula is C7H3F11. The van der Waals surface area contributed by atoms with Crippen molar-refractivity contribution in [3.05, 3.63) is 11.7 Å². The fourth-order valence-corrected chi connectivity index (χ4v) is 0.663. The molecule has 2 atom stereocenters. The molecule has 0 aliphatic heterocycles. The Kier molecular flexibility index (Phi) is 5.00. The lowest BCUT2D eigenvalue weighted by atomic mass is 10.1. The minimum absolute atomic E-state index is 3.56. The largest absolute Gasteiger partial charge is 0.460 e. The summed E-state index contributed by atoms with van der Waals surface area (Å²) in [6.07, 6.45) is -19.2. The van der Waals surface area contributed by atoms with Crippen LogP contribution in [-0.2, 0) is 0 Å². The summed E-state index contributed by atoms with van der Waals surface area (Å²) in [5.74, 6) is -14.0. The van der Waals surface area contributed by atoms with Crippen molar-refractivity contribution in [2.75, 3.05) is 0 Å². The van der Waals surface area contributed by atoms with Crippen molar-refractivity contribution in [3.63, 3.8) is 0 Å². The van der Waals surface area contributed by atoms with Crippen LogP contribution in [0.1, 0.15) is 0 Å². The lowest BCUT2D eigenvalue weighted by Crippen LogP contribution is -2.39. The summed E-state index contributed by atoms with van der Waals surface area (Å²) < 4.78 is 131. The van der Waals surface area contributed by atoms with Crippen LogP contribution in [0, 0.1) is 0 Å². The van der Waals surface area contributed by atoms with Crippen molar-refractivity contribution < 1.29 is 48.3 Å². The Hall–Kier alpha value is -1.03. The monoisotopic (exact) mass is 296 g/mol. The van der Waals surface area contributed by atoms with Gasteiger partial charge in [0.15, 0.2) is 18.2 Å². The van der Waals surface area contributed by atoms with E-state index in [1.54, 1.807) is 0 Å². The molecule has 0 rings (SSSR count). The highest BCUT2D eigenvalue weighted by molar-refractivity contribution is 5.17. The molecule has 0 nitrogen and oxygen atoms in total. The molecule has 0 saturated heterocycles. The number of alkyl halides is 9. The second-order valence-electron chi connectivity index (χ2n) is 2.91. The SMILES string of the molecule is FC(=C(F)C(F)(F)C(F)(F)F)C(F)C(F)C(F)F. The summed E-state index contributed by atoms with van der Waals surface area (Å²) in [4.78, 5) is 0. The van der Waals surface area contributed by atoms with Crippen molar-refractivity contribution in [2.24, 2.45) is 0 Å². The van der Waals surface area contributed by atoms with E-state index < -0.39 is 42.5 Å². The van der Waals surface area contributed by atoms with Crippen LogP contribution in [0.2, 0.25) is 0 Å². The van der Waals surface area contributed by atoms with E-state index in [4.69, 9.17) is 0 Å². The third kappa shape index (κ3) is 3.25. The lowest BCUT2D eigenvalue weighted by molar-refractivity contribution is -0.271. The van der Waals surface area contributed by atoms with Gasteiger partial charge < -0.3 is 0 Å². The van der Waals surface area contributed by atoms with Gasteiger partial charge >= 0.3 is 12.1 Å². The second-order valence-corrected chi connectivity index (χ2v) is 2.91. The van der Waals surface area contributed by atoms with E-state index in [1.165, 1.54) is 0 Å². The molecule has 18 heavy (non-hydrogen) atoms. The van der Waals surface area contributed by atoms with Crippen LogP contribution in [-0.4, -0.2) is 30.9 Å². The highest BCUT2D eigenvalue weighted by Gasteiger charge is 2.63. The lowest BCUT2D eigenvalue weighted by Gasteiger charge is -2.19. The molecule has 0 N–H and O–H groups in total. The first-order valence-corrected chi connectivity index (χ1v) is 3.90. The molecule has 0 aliphatic carbocycles. The minimum atomic E-state index is -6.62. The average molecular weight is 296 g/mol. The second kappa shape index (κ2) is 5.31. The summed E-state index contributed by atoms with van der Waals surface area (Å²) >= 11 is 0. The Labute approximate surface area is 92.1 Å². The smallest absolute Gasteiger partial charge is 0.237 e. The normalized spacial score (nSPS) is 18.7. The zero-order valence-electron chi connectivity index (χ0n) is 7.89. The summed E-state index contributed by atoms with van der Waals surface area (Å²) in [5.41, 5.74) is 0. The molecule has 0 amide bonds. The van der Waals surface area contributed by atoms with Crippen molar-refractivity contribution in [1.29, 1.82) is 0 Å². The van der Waals surface area contributed by atoms with Crippen LogP contribution in [0.5, 0.6) is 0 Å². The molecule has 2 unspecified atom stereocenters. The molecule has 11 heteroatoms. The number of allylic oxidation sites excluding steroid dienone is 2. The maximum atomic E-state index is 12.4. The van der Waals surface area contributed by atoms with E-state index in [9.17, 15) is 48.3 Å². The standard InChI is InChI=1S/C7H3F11/c8-1(3(10)5(12)13)2(9)4(11)6(14,15)7(16,17)18/h1,3,5H. The zero-order chi connectivity index (χ0) is 14.9. The van der Waals surface area contributed by atoms with Crippen molar-refractivity contribution in [1.82, 2.24) is 0 Å². The highest BCUT2D eigenvalue weighted by atomic mass is 19.4. The molecule has 0 spiro atoms. The van der Waals surface area contributed by atoms with Crippen molar-refractivity contribution in [2.45, 2.75) is 30.9 Å². The highest BCUT2D eigenvalue weighted by Crippen LogP contribution is 2.44. The topological polar surface area (TPSA) is 0 Å². The summed E-state index contributed by atoms with van der Waals surface area (Å²) in [5, 5.41) is 0. The van der Waals surface area contributed by atoms with Crippen LogP contribution in [0.4, 0.5) is 48.3 Å². The quantitative estimate of drug-likeness (QED) is 0.679. The predicted molar refractivity (Wildman–Crippen MR) is 36.0 cm³/mol. The van der Waals surface area contributed by atoms with Crippen LogP contribution in [0.25, 0.3) is 0 Å². The van der Waals surface area contributed by atoms with E-state index >= 15 is 0 Å². The molecule has 0 aromatic rings. The summed E-state index contributed by atoms with van der Waals surface area (Å²) in [7, 11) is 0. The van der Waals surface area contributed by atoms with E-state index in [1.807, 2.05) is 0 Å². The molecule has 0 fully saturated rings. The van der Waals surface area contributed by atoms with Crippen LogP contribution >= 0.6 is 0 Å². The van der Waals surface area contributed by atoms with E-state index in [-0.39, 0.29) is 0 Å². The van der Waals surface area contributed by atoms with Gasteiger partial charge in [0, 0.05) is 0 Å². The zero-order valence-corrected chi connectivity index (χ0v) is 7.89. The molecule has 0 bridgehead atoms. The Morgan fingerprint density at radius 2 is 1.17 bits per heavy atom. The number of hydrogen-bond donors (Lipinski definition) is 0. The van der Waals surface area contributed by atoms with Gasteiger partial charge in [0.2, 0.25) is 5.83 Å². The Morgan fingerprint density at radius 3 is 1.44 bits per heavy atom. The summed E-state index contributed by atoms with van der Waals surface area (Å²) in [6, 6.07) is 0. The van der Waals surface area contributed by atoms with Gasteiger partial charge in [-0.2, -0.15) is 22.0 Å². The first-order chi connectivity index (χ1) is 7.84. The van der Waals surface area contributed by atoms with Gasteiger partial charge in [-0.1, -0.05) is 0 Å². The average Bonchev–Trinajstić information content (AvgIpc) is 2.23. The Balaban J connectivity index is 5.38. The van der Waals surface area contributed by atoms with Gasteiger partial charge in [0.1, 0.15) is 0 Å². The fourth-order valence-electron chi connectivity index (χ4n) is 0.663. The number of halogens is 11. The summed E-state index contributed by atoms with van der Waals surface area (Å²) in [6.45, 7) is 0. The maximum Gasteiger partial charge on any atom is 0.460 e. The molecule has 0 aromatic heterocycles. The van der Waals surface area contributed by atoms with E-state index in [2.05, 4.69) is 0 Å². The van der Waals surface area contributed by atoms with Gasteiger partial charge in [-0.05, 0) is 0 Å². The van der Waals surface area contributed by atoms with Crippen LogP contribution in [0.3, 0.4) is 0 Å². The van der Waals surface area contributed by atoms with Gasteiger partial charge in [0.05, 0.1) is 0 Å². The molecule has 0 radical (unpaired) electrons. The molecule has 0 aliphatic rings. The van der Waals surface area contributed by atoms with E-state index in [0.717, 1.165) is 0 Å². The van der Waals surface area contributed by atoms with Gasteiger partial charge in [-0.25, -0.2) is 26.3 Å². The third-order valence-corrected chi connectivity index (χ3v) is 1.60. The van der Waals surface area contributed by atoms with Crippen molar-refractivity contribution in [3.8, 4) is 0 Å². The Morgan fingerprint density at radius 1 is 0.778 bits per heavy atom. The van der Waals surface area contributed by atoms with Crippen LogP contribution in [0.15, 0.2) is 11.7 Å². The molecular weight excluding hydrogens is 293 g/mol. The number of rotatable bonds is 4. The third-order valence-electron chi connectivity index (χ3n) is 1.60.